The Bertz CT molecular complexity index is 310. The smallest absolute Gasteiger partial charge is 0.0273 e. The molecule has 0 N–H and O–H groups in total. The van der Waals surface area contributed by atoms with Crippen LogP contribution in [0.2, 0.25) is 0 Å². The van der Waals surface area contributed by atoms with Crippen molar-refractivity contribution in [3.8, 4) is 11.1 Å². The maximum atomic E-state index is 3.96. The van der Waals surface area contributed by atoms with Gasteiger partial charge in [-0.1, -0.05) is 0 Å². The fourth-order valence-corrected chi connectivity index (χ4v) is 1.09. The van der Waals surface area contributed by atoms with Gasteiger partial charge in [0.2, 0.25) is 0 Å². The minimum absolute atomic E-state index is 0. The number of hydrogen-bond acceptors (Lipinski definition) is 2. The molecule has 2 nitrogen and oxygen atoms in total. The second-order valence-electron chi connectivity index (χ2n) is 2.47. The summed E-state index contributed by atoms with van der Waals surface area (Å²) in [5, 5.41) is 0. The summed E-state index contributed by atoms with van der Waals surface area (Å²) in [6, 6.07) is 7.93. The predicted octanol–water partition coefficient (Wildman–Crippen LogP) is 2.14. The molecule has 0 aromatic carbocycles. The average Bonchev–Trinajstić information content (AvgIpc) is 2.21. The van der Waals surface area contributed by atoms with E-state index in [4.69, 9.17) is 0 Å². The third-order valence-corrected chi connectivity index (χ3v) is 1.69. The summed E-state index contributed by atoms with van der Waals surface area (Å²) >= 11 is 0. The van der Waals surface area contributed by atoms with E-state index in [0.717, 1.165) is 0 Å². The molecule has 2 rings (SSSR count). The van der Waals surface area contributed by atoms with Gasteiger partial charge in [0.1, 0.15) is 0 Å². The minimum atomic E-state index is 0. The molecule has 3 heteroatoms. The summed E-state index contributed by atoms with van der Waals surface area (Å²) in [4.78, 5) is 7.91. The maximum Gasteiger partial charge on any atom is 0.0273 e. The van der Waals surface area contributed by atoms with Crippen LogP contribution >= 0.6 is 0 Å². The van der Waals surface area contributed by atoms with Gasteiger partial charge in [0, 0.05) is 41.6 Å². The molecule has 2 aromatic heterocycles. The fourth-order valence-electron chi connectivity index (χ4n) is 1.09. The van der Waals surface area contributed by atoms with Crippen LogP contribution in [0.15, 0.2) is 49.1 Å². The SMILES string of the molecule is [Co].c1cc(-c2ccncc2)ccn1. The summed E-state index contributed by atoms with van der Waals surface area (Å²) in [7, 11) is 0. The molecule has 1 radical (unpaired) electrons. The Morgan fingerprint density at radius 2 is 0.923 bits per heavy atom. The first kappa shape index (κ1) is 9.89. The zero-order chi connectivity index (χ0) is 8.23. The number of nitrogens with zero attached hydrogens (tertiary/aromatic N) is 2. The molecule has 2 heterocycles. The predicted molar refractivity (Wildman–Crippen MR) is 47.5 cm³/mol. The number of aromatic nitrogens is 2. The first-order valence-corrected chi connectivity index (χ1v) is 3.77. The van der Waals surface area contributed by atoms with Crippen LogP contribution in [0.1, 0.15) is 0 Å². The Balaban J connectivity index is 0.000000845. The van der Waals surface area contributed by atoms with Crippen LogP contribution in [0, 0.1) is 0 Å². The van der Waals surface area contributed by atoms with Crippen LogP contribution in [0.25, 0.3) is 11.1 Å². The third-order valence-electron chi connectivity index (χ3n) is 1.69. The van der Waals surface area contributed by atoms with Crippen molar-refractivity contribution in [3.05, 3.63) is 49.1 Å². The van der Waals surface area contributed by atoms with E-state index in [1.165, 1.54) is 11.1 Å². The number of hydrogen-bond donors (Lipinski definition) is 0. The van der Waals surface area contributed by atoms with Gasteiger partial charge in [0.05, 0.1) is 0 Å². The van der Waals surface area contributed by atoms with Gasteiger partial charge in [-0.25, -0.2) is 0 Å². The molecule has 0 unspecified atom stereocenters. The van der Waals surface area contributed by atoms with Crippen LogP contribution in [0.5, 0.6) is 0 Å². The van der Waals surface area contributed by atoms with Crippen LogP contribution in [-0.2, 0) is 16.8 Å². The molecule has 67 valence electrons. The largest absolute Gasteiger partial charge is 0.265 e. The second-order valence-corrected chi connectivity index (χ2v) is 2.47. The van der Waals surface area contributed by atoms with E-state index >= 15 is 0 Å². The van der Waals surface area contributed by atoms with Gasteiger partial charge in [-0.3, -0.25) is 9.97 Å². The molecule has 13 heavy (non-hydrogen) atoms. The van der Waals surface area contributed by atoms with Crippen molar-refractivity contribution in [1.82, 2.24) is 9.97 Å². The minimum Gasteiger partial charge on any atom is -0.265 e. The molecule has 0 bridgehead atoms. The second kappa shape index (κ2) is 4.74. The zero-order valence-corrected chi connectivity index (χ0v) is 7.89. The average molecular weight is 215 g/mol. The first-order chi connectivity index (χ1) is 5.97. The molecular formula is C10H8CoN2. The van der Waals surface area contributed by atoms with E-state index in [-0.39, 0.29) is 16.8 Å². The number of pyridine rings is 2. The van der Waals surface area contributed by atoms with Crippen molar-refractivity contribution < 1.29 is 16.8 Å². The molecule has 2 aromatic rings. The van der Waals surface area contributed by atoms with E-state index in [2.05, 4.69) is 9.97 Å². The van der Waals surface area contributed by atoms with Crippen LogP contribution in [0.4, 0.5) is 0 Å². The molecule has 0 fully saturated rings. The van der Waals surface area contributed by atoms with Gasteiger partial charge in [0.15, 0.2) is 0 Å². The molecule has 0 amide bonds. The molecule has 0 atom stereocenters. The van der Waals surface area contributed by atoms with Gasteiger partial charge in [-0.15, -0.1) is 0 Å². The molecule has 0 aliphatic carbocycles. The summed E-state index contributed by atoms with van der Waals surface area (Å²) in [6.45, 7) is 0. The van der Waals surface area contributed by atoms with Crippen LogP contribution in [0.3, 0.4) is 0 Å². The van der Waals surface area contributed by atoms with E-state index in [1.807, 2.05) is 24.3 Å². The Labute approximate surface area is 87.2 Å². The normalized spacial score (nSPS) is 8.92. The first-order valence-electron chi connectivity index (χ1n) is 3.77. The van der Waals surface area contributed by atoms with Gasteiger partial charge >= 0.3 is 0 Å². The Morgan fingerprint density at radius 1 is 0.615 bits per heavy atom. The van der Waals surface area contributed by atoms with Crippen molar-refractivity contribution in [2.24, 2.45) is 0 Å². The van der Waals surface area contributed by atoms with Crippen molar-refractivity contribution in [1.29, 1.82) is 0 Å². The van der Waals surface area contributed by atoms with Crippen molar-refractivity contribution >= 4 is 0 Å². The van der Waals surface area contributed by atoms with Gasteiger partial charge < -0.3 is 0 Å². The quantitative estimate of drug-likeness (QED) is 0.728. The number of rotatable bonds is 1. The van der Waals surface area contributed by atoms with E-state index < -0.39 is 0 Å². The molecule has 0 saturated heterocycles. The van der Waals surface area contributed by atoms with Gasteiger partial charge in [-0.05, 0) is 35.4 Å². The zero-order valence-electron chi connectivity index (χ0n) is 6.85. The fraction of sp³-hybridized carbons (Fsp3) is 0. The van der Waals surface area contributed by atoms with E-state index in [1.54, 1.807) is 24.8 Å². The third kappa shape index (κ3) is 2.37. The van der Waals surface area contributed by atoms with Crippen LogP contribution in [-0.4, -0.2) is 9.97 Å². The summed E-state index contributed by atoms with van der Waals surface area (Å²) in [6.07, 6.45) is 7.15. The van der Waals surface area contributed by atoms with Gasteiger partial charge in [0.25, 0.3) is 0 Å². The molecule has 0 spiro atoms. The Morgan fingerprint density at radius 3 is 1.23 bits per heavy atom. The van der Waals surface area contributed by atoms with Crippen molar-refractivity contribution in [3.63, 3.8) is 0 Å². The summed E-state index contributed by atoms with van der Waals surface area (Å²) in [5.41, 5.74) is 2.35. The Kier molecular flexibility index (Phi) is 3.61. The van der Waals surface area contributed by atoms with E-state index in [9.17, 15) is 0 Å². The summed E-state index contributed by atoms with van der Waals surface area (Å²) in [5.74, 6) is 0. The van der Waals surface area contributed by atoms with Gasteiger partial charge in [-0.2, -0.15) is 0 Å². The molecule has 0 saturated carbocycles. The summed E-state index contributed by atoms with van der Waals surface area (Å²) < 4.78 is 0. The van der Waals surface area contributed by atoms with Crippen molar-refractivity contribution in [2.45, 2.75) is 0 Å². The Hall–Kier alpha value is -1.19. The standard InChI is InChI=1S/C10H8N2.Co/c1-5-11-6-2-9(1)10-3-7-12-8-4-10;/h1-8H;. The molecule has 0 aliphatic heterocycles. The molecular weight excluding hydrogens is 207 g/mol. The molecule has 0 aliphatic rings. The monoisotopic (exact) mass is 215 g/mol. The van der Waals surface area contributed by atoms with Crippen LogP contribution < -0.4 is 0 Å². The maximum absolute atomic E-state index is 3.96. The van der Waals surface area contributed by atoms with E-state index in [0.29, 0.717) is 0 Å². The van der Waals surface area contributed by atoms with Crippen molar-refractivity contribution in [2.75, 3.05) is 0 Å². The topological polar surface area (TPSA) is 25.8 Å².